The van der Waals surface area contributed by atoms with Gasteiger partial charge in [0.05, 0.1) is 4.90 Å². The van der Waals surface area contributed by atoms with Crippen LogP contribution < -0.4 is 4.72 Å². The Morgan fingerprint density at radius 2 is 1.82 bits per heavy atom. The third kappa shape index (κ3) is 3.69. The van der Waals surface area contributed by atoms with Crippen molar-refractivity contribution in [1.82, 2.24) is 4.72 Å². The average molecular weight is 276 g/mol. The minimum absolute atomic E-state index is 0.276. The largest absolute Gasteiger partial charge is 0.240 e. The van der Waals surface area contributed by atoms with Crippen molar-refractivity contribution in [3.8, 4) is 0 Å². The van der Waals surface area contributed by atoms with Crippen molar-refractivity contribution >= 4 is 21.6 Å². The number of sulfonamides is 1. The Balaban J connectivity index is 3.11. The second kappa shape index (κ2) is 5.38. The maximum atomic E-state index is 12.1. The predicted molar refractivity (Wildman–Crippen MR) is 71.0 cm³/mol. The van der Waals surface area contributed by atoms with Gasteiger partial charge in [-0.05, 0) is 43.0 Å². The SMILES string of the molecule is Cc1cc(S(=O)(=O)NCC(C)C)c(C)cc1Cl. The summed E-state index contributed by atoms with van der Waals surface area (Å²) >= 11 is 5.95. The van der Waals surface area contributed by atoms with Gasteiger partial charge in [-0.1, -0.05) is 25.4 Å². The van der Waals surface area contributed by atoms with Gasteiger partial charge in [-0.15, -0.1) is 0 Å². The molecule has 0 saturated heterocycles. The molecule has 0 aliphatic heterocycles. The molecule has 0 aromatic heterocycles. The highest BCUT2D eigenvalue weighted by Crippen LogP contribution is 2.23. The molecule has 0 saturated carbocycles. The summed E-state index contributed by atoms with van der Waals surface area (Å²) < 4.78 is 26.7. The third-order valence-electron chi connectivity index (χ3n) is 2.43. The van der Waals surface area contributed by atoms with Gasteiger partial charge >= 0.3 is 0 Å². The number of hydrogen-bond acceptors (Lipinski definition) is 2. The van der Waals surface area contributed by atoms with Crippen LogP contribution in [0.15, 0.2) is 17.0 Å². The van der Waals surface area contributed by atoms with Gasteiger partial charge in [0.15, 0.2) is 0 Å². The lowest BCUT2D eigenvalue weighted by Gasteiger charge is -2.12. The van der Waals surface area contributed by atoms with Crippen LogP contribution in [0.25, 0.3) is 0 Å². The number of halogens is 1. The van der Waals surface area contributed by atoms with E-state index in [9.17, 15) is 8.42 Å². The first-order chi connectivity index (χ1) is 7.74. The second-order valence-electron chi connectivity index (χ2n) is 4.61. The highest BCUT2D eigenvalue weighted by molar-refractivity contribution is 7.89. The fourth-order valence-electron chi connectivity index (χ4n) is 1.40. The quantitative estimate of drug-likeness (QED) is 0.918. The number of hydrogen-bond donors (Lipinski definition) is 1. The zero-order valence-electron chi connectivity index (χ0n) is 10.5. The van der Waals surface area contributed by atoms with Gasteiger partial charge in [0.1, 0.15) is 0 Å². The van der Waals surface area contributed by atoms with Crippen LogP contribution in [-0.4, -0.2) is 15.0 Å². The zero-order chi connectivity index (χ0) is 13.2. The lowest BCUT2D eigenvalue weighted by Crippen LogP contribution is -2.28. The molecule has 0 radical (unpaired) electrons. The maximum Gasteiger partial charge on any atom is 0.240 e. The molecule has 5 heteroatoms. The maximum absolute atomic E-state index is 12.1. The van der Waals surface area contributed by atoms with Gasteiger partial charge in [-0.25, -0.2) is 13.1 Å². The van der Waals surface area contributed by atoms with E-state index in [2.05, 4.69) is 4.72 Å². The van der Waals surface area contributed by atoms with E-state index >= 15 is 0 Å². The van der Waals surface area contributed by atoms with Crippen LogP contribution in [0.4, 0.5) is 0 Å². The minimum Gasteiger partial charge on any atom is -0.211 e. The molecule has 1 rings (SSSR count). The molecular formula is C12H18ClNO2S. The number of aryl methyl sites for hydroxylation is 2. The highest BCUT2D eigenvalue weighted by atomic mass is 35.5. The van der Waals surface area contributed by atoms with Gasteiger partial charge in [0.2, 0.25) is 10.0 Å². The van der Waals surface area contributed by atoms with Crippen molar-refractivity contribution in [3.05, 3.63) is 28.3 Å². The molecule has 0 aliphatic carbocycles. The molecule has 0 fully saturated rings. The lowest BCUT2D eigenvalue weighted by atomic mass is 10.2. The molecule has 17 heavy (non-hydrogen) atoms. The first kappa shape index (κ1) is 14.5. The normalized spacial score (nSPS) is 12.1. The summed E-state index contributed by atoms with van der Waals surface area (Å²) in [5, 5.41) is 0.588. The molecule has 0 bridgehead atoms. The summed E-state index contributed by atoms with van der Waals surface area (Å²) in [5.74, 6) is 0.276. The molecule has 0 heterocycles. The van der Waals surface area contributed by atoms with Gasteiger partial charge < -0.3 is 0 Å². The Kier molecular flexibility index (Phi) is 4.58. The summed E-state index contributed by atoms with van der Waals surface area (Å²) in [5.41, 5.74) is 1.43. The Morgan fingerprint density at radius 1 is 1.24 bits per heavy atom. The molecule has 1 aromatic carbocycles. The first-order valence-corrected chi connectivity index (χ1v) is 7.36. The van der Waals surface area contributed by atoms with Gasteiger partial charge in [-0.2, -0.15) is 0 Å². The van der Waals surface area contributed by atoms with Crippen molar-refractivity contribution < 1.29 is 8.42 Å². The van der Waals surface area contributed by atoms with Gasteiger partial charge in [-0.3, -0.25) is 0 Å². The standard InChI is InChI=1S/C12H18ClNO2S/c1-8(2)7-14-17(15,16)12-6-9(3)11(13)5-10(12)4/h5-6,8,14H,7H2,1-4H3. The molecule has 1 aromatic rings. The highest BCUT2D eigenvalue weighted by Gasteiger charge is 2.17. The summed E-state index contributed by atoms with van der Waals surface area (Å²) in [7, 11) is -3.43. The van der Waals surface area contributed by atoms with E-state index in [1.807, 2.05) is 13.8 Å². The topological polar surface area (TPSA) is 46.2 Å². The van der Waals surface area contributed by atoms with Crippen LogP contribution in [0.3, 0.4) is 0 Å². The van der Waals surface area contributed by atoms with Crippen LogP contribution in [0.5, 0.6) is 0 Å². The Hall–Kier alpha value is -0.580. The van der Waals surface area contributed by atoms with E-state index in [0.717, 1.165) is 5.56 Å². The van der Waals surface area contributed by atoms with Crippen LogP contribution in [0.1, 0.15) is 25.0 Å². The fourth-order valence-corrected chi connectivity index (χ4v) is 3.14. The summed E-state index contributed by atoms with van der Waals surface area (Å²) in [4.78, 5) is 0.306. The molecule has 0 amide bonds. The molecule has 1 N–H and O–H groups in total. The van der Waals surface area contributed by atoms with E-state index in [1.165, 1.54) is 0 Å². The van der Waals surface area contributed by atoms with E-state index in [-0.39, 0.29) is 5.92 Å². The monoisotopic (exact) mass is 275 g/mol. The fraction of sp³-hybridized carbons (Fsp3) is 0.500. The van der Waals surface area contributed by atoms with Gasteiger partial charge in [0, 0.05) is 11.6 Å². The molecule has 0 unspecified atom stereocenters. The number of nitrogens with one attached hydrogen (secondary N) is 1. The molecule has 96 valence electrons. The molecule has 0 spiro atoms. The molecule has 3 nitrogen and oxygen atoms in total. The summed E-state index contributed by atoms with van der Waals surface area (Å²) in [6.45, 7) is 7.90. The summed E-state index contributed by atoms with van der Waals surface area (Å²) in [6, 6.07) is 3.29. The Bertz CT molecular complexity index is 509. The van der Waals surface area contributed by atoms with Crippen LogP contribution in [-0.2, 0) is 10.0 Å². The van der Waals surface area contributed by atoms with E-state index < -0.39 is 10.0 Å². The van der Waals surface area contributed by atoms with Crippen molar-refractivity contribution in [2.75, 3.05) is 6.54 Å². The predicted octanol–water partition coefficient (Wildman–Crippen LogP) is 2.89. The first-order valence-electron chi connectivity index (χ1n) is 5.50. The van der Waals surface area contributed by atoms with Crippen LogP contribution in [0, 0.1) is 19.8 Å². The zero-order valence-corrected chi connectivity index (χ0v) is 12.1. The minimum atomic E-state index is -3.43. The number of benzene rings is 1. The van der Waals surface area contributed by atoms with Gasteiger partial charge in [0.25, 0.3) is 0 Å². The smallest absolute Gasteiger partial charge is 0.211 e. The van der Waals surface area contributed by atoms with Crippen molar-refractivity contribution in [2.24, 2.45) is 5.92 Å². The van der Waals surface area contributed by atoms with E-state index in [0.29, 0.717) is 22.0 Å². The van der Waals surface area contributed by atoms with E-state index in [4.69, 9.17) is 11.6 Å². The van der Waals surface area contributed by atoms with Crippen molar-refractivity contribution in [1.29, 1.82) is 0 Å². The lowest BCUT2D eigenvalue weighted by molar-refractivity contribution is 0.559. The number of rotatable bonds is 4. The molecule has 0 aliphatic rings. The van der Waals surface area contributed by atoms with Crippen LogP contribution >= 0.6 is 11.6 Å². The van der Waals surface area contributed by atoms with Crippen molar-refractivity contribution in [3.63, 3.8) is 0 Å². The third-order valence-corrected chi connectivity index (χ3v) is 4.40. The van der Waals surface area contributed by atoms with Crippen LogP contribution in [0.2, 0.25) is 5.02 Å². The Morgan fingerprint density at radius 3 is 2.35 bits per heavy atom. The Labute approximate surface area is 108 Å². The average Bonchev–Trinajstić information content (AvgIpc) is 2.20. The molecular weight excluding hydrogens is 258 g/mol. The van der Waals surface area contributed by atoms with E-state index in [1.54, 1.807) is 26.0 Å². The summed E-state index contributed by atoms with van der Waals surface area (Å²) in [6.07, 6.45) is 0. The second-order valence-corrected chi connectivity index (χ2v) is 6.76. The molecule has 0 atom stereocenters. The van der Waals surface area contributed by atoms with Crippen molar-refractivity contribution in [2.45, 2.75) is 32.6 Å².